The van der Waals surface area contributed by atoms with E-state index in [1.807, 2.05) is 0 Å². The van der Waals surface area contributed by atoms with E-state index in [0.717, 1.165) is 11.1 Å². The van der Waals surface area contributed by atoms with Crippen LogP contribution in [0.15, 0.2) is 5.16 Å². The Morgan fingerprint density at radius 2 is 2.27 bits per heavy atom. The van der Waals surface area contributed by atoms with Crippen molar-refractivity contribution in [2.24, 2.45) is 5.92 Å². The van der Waals surface area contributed by atoms with Crippen LogP contribution in [-0.4, -0.2) is 20.4 Å². The quantitative estimate of drug-likeness (QED) is 0.830. The van der Waals surface area contributed by atoms with Crippen LogP contribution >= 0.6 is 11.8 Å². The first-order valence-corrected chi connectivity index (χ1v) is 6.52. The van der Waals surface area contributed by atoms with E-state index < -0.39 is 0 Å². The van der Waals surface area contributed by atoms with E-state index >= 15 is 0 Å². The molecular weight excluding hydrogens is 208 g/mol. The fraction of sp³-hybridized carbons (Fsp3) is 0.800. The third kappa shape index (κ3) is 2.65. The maximum atomic E-state index is 5.51. The molecule has 1 fully saturated rings. The van der Waals surface area contributed by atoms with Crippen LogP contribution in [0.2, 0.25) is 0 Å². The Kier molecular flexibility index (Phi) is 3.51. The molecule has 15 heavy (non-hydrogen) atoms. The van der Waals surface area contributed by atoms with Gasteiger partial charge in [-0.05, 0) is 18.8 Å². The van der Waals surface area contributed by atoms with E-state index in [2.05, 4.69) is 22.1 Å². The Balaban J connectivity index is 1.97. The summed E-state index contributed by atoms with van der Waals surface area (Å²) in [6.07, 6.45) is 6.63. The molecule has 0 radical (unpaired) electrons. The molecule has 0 saturated heterocycles. The largest absolute Gasteiger partial charge is 0.368 e. The molecule has 4 nitrogen and oxygen atoms in total. The fourth-order valence-electron chi connectivity index (χ4n) is 2.24. The number of nitrogens with zero attached hydrogens (tertiary/aromatic N) is 2. The van der Waals surface area contributed by atoms with Crippen molar-refractivity contribution >= 4 is 17.7 Å². The Morgan fingerprint density at radius 3 is 2.93 bits per heavy atom. The van der Waals surface area contributed by atoms with Crippen LogP contribution in [0.1, 0.15) is 39.0 Å². The number of H-pyrrole nitrogens is 1. The standard InChI is InChI=1S/C10H18N4S/c1-2-7-5-3-4-6-8(7)15-10-12-9(11)13-14-10/h7-8H,2-6H2,1H3,(H3,11,12,13,14). The highest BCUT2D eigenvalue weighted by Crippen LogP contribution is 2.37. The van der Waals surface area contributed by atoms with Crippen LogP contribution in [0, 0.1) is 5.92 Å². The molecule has 2 unspecified atom stereocenters. The van der Waals surface area contributed by atoms with Crippen LogP contribution in [0.25, 0.3) is 0 Å². The number of aromatic amines is 1. The molecule has 2 atom stereocenters. The predicted octanol–water partition coefficient (Wildman–Crippen LogP) is 2.45. The Labute approximate surface area is 94.4 Å². The zero-order chi connectivity index (χ0) is 10.7. The minimum atomic E-state index is 0.418. The number of hydrogen-bond acceptors (Lipinski definition) is 4. The summed E-state index contributed by atoms with van der Waals surface area (Å²) in [6.45, 7) is 2.27. The smallest absolute Gasteiger partial charge is 0.216 e. The highest BCUT2D eigenvalue weighted by atomic mass is 32.2. The van der Waals surface area contributed by atoms with Gasteiger partial charge >= 0.3 is 0 Å². The van der Waals surface area contributed by atoms with Crippen LogP contribution in [0.5, 0.6) is 0 Å². The summed E-state index contributed by atoms with van der Waals surface area (Å²) in [5, 5.41) is 8.25. The van der Waals surface area contributed by atoms with Crippen LogP contribution in [0.4, 0.5) is 5.95 Å². The number of nitrogens with two attached hydrogens (primary N) is 1. The lowest BCUT2D eigenvalue weighted by atomic mass is 9.87. The lowest BCUT2D eigenvalue weighted by molar-refractivity contribution is 0.361. The molecular formula is C10H18N4S. The third-order valence-electron chi connectivity index (χ3n) is 3.10. The second-order valence-corrected chi connectivity index (χ2v) is 5.32. The first-order valence-electron chi connectivity index (χ1n) is 5.64. The summed E-state index contributed by atoms with van der Waals surface area (Å²) in [6, 6.07) is 0. The number of nitrogens with one attached hydrogen (secondary N) is 1. The van der Waals surface area contributed by atoms with Crippen molar-refractivity contribution in [2.75, 3.05) is 5.73 Å². The van der Waals surface area contributed by atoms with Crippen molar-refractivity contribution in [3.05, 3.63) is 0 Å². The molecule has 2 rings (SSSR count). The van der Waals surface area contributed by atoms with Crippen molar-refractivity contribution in [3.63, 3.8) is 0 Å². The van der Waals surface area contributed by atoms with Gasteiger partial charge in [0.25, 0.3) is 0 Å². The number of thioether (sulfide) groups is 1. The maximum absolute atomic E-state index is 5.51. The van der Waals surface area contributed by atoms with Gasteiger partial charge in [0.05, 0.1) is 0 Å². The molecule has 0 spiro atoms. The third-order valence-corrected chi connectivity index (χ3v) is 4.42. The summed E-state index contributed by atoms with van der Waals surface area (Å²) < 4.78 is 0. The van der Waals surface area contributed by atoms with Gasteiger partial charge in [-0.15, -0.1) is 5.10 Å². The van der Waals surface area contributed by atoms with Gasteiger partial charge < -0.3 is 5.73 Å². The summed E-state index contributed by atoms with van der Waals surface area (Å²) >= 11 is 1.78. The van der Waals surface area contributed by atoms with Crippen molar-refractivity contribution in [1.82, 2.24) is 15.2 Å². The Morgan fingerprint density at radius 1 is 1.47 bits per heavy atom. The second-order valence-electron chi connectivity index (χ2n) is 4.11. The van der Waals surface area contributed by atoms with Crippen molar-refractivity contribution in [2.45, 2.75) is 49.4 Å². The van der Waals surface area contributed by atoms with E-state index in [1.54, 1.807) is 11.8 Å². The molecule has 0 aromatic carbocycles. The number of nitrogen functional groups attached to an aromatic ring is 1. The highest BCUT2D eigenvalue weighted by molar-refractivity contribution is 7.99. The minimum absolute atomic E-state index is 0.418. The van der Waals surface area contributed by atoms with E-state index in [1.165, 1.54) is 32.1 Å². The Bertz CT molecular complexity index is 312. The van der Waals surface area contributed by atoms with Gasteiger partial charge in [0, 0.05) is 5.25 Å². The van der Waals surface area contributed by atoms with E-state index in [4.69, 9.17) is 5.73 Å². The van der Waals surface area contributed by atoms with Crippen LogP contribution in [0.3, 0.4) is 0 Å². The molecule has 0 aliphatic heterocycles. The van der Waals surface area contributed by atoms with Crippen LogP contribution in [-0.2, 0) is 0 Å². The van der Waals surface area contributed by atoms with E-state index in [-0.39, 0.29) is 0 Å². The minimum Gasteiger partial charge on any atom is -0.368 e. The van der Waals surface area contributed by atoms with Gasteiger partial charge in [0.15, 0.2) is 0 Å². The van der Waals surface area contributed by atoms with Gasteiger partial charge in [-0.2, -0.15) is 4.98 Å². The summed E-state index contributed by atoms with van der Waals surface area (Å²) in [4.78, 5) is 4.15. The lowest BCUT2D eigenvalue weighted by Crippen LogP contribution is -2.21. The number of anilines is 1. The zero-order valence-corrected chi connectivity index (χ0v) is 9.89. The topological polar surface area (TPSA) is 67.6 Å². The van der Waals surface area contributed by atoms with E-state index in [0.29, 0.717) is 11.2 Å². The molecule has 1 aliphatic rings. The molecule has 3 N–H and O–H groups in total. The molecule has 0 bridgehead atoms. The average molecular weight is 226 g/mol. The summed E-state index contributed by atoms with van der Waals surface area (Å²) in [7, 11) is 0. The fourth-order valence-corrected chi connectivity index (χ4v) is 3.57. The normalized spacial score (nSPS) is 26.7. The molecule has 1 aromatic rings. The molecule has 1 heterocycles. The molecule has 0 amide bonds. The second kappa shape index (κ2) is 4.88. The zero-order valence-electron chi connectivity index (χ0n) is 9.07. The van der Waals surface area contributed by atoms with E-state index in [9.17, 15) is 0 Å². The first kappa shape index (κ1) is 10.8. The molecule has 5 heteroatoms. The van der Waals surface area contributed by atoms with Gasteiger partial charge in [0.2, 0.25) is 11.1 Å². The molecule has 1 aromatic heterocycles. The predicted molar refractivity (Wildman–Crippen MR) is 62.7 cm³/mol. The number of aromatic nitrogens is 3. The van der Waals surface area contributed by atoms with Crippen molar-refractivity contribution < 1.29 is 0 Å². The maximum Gasteiger partial charge on any atom is 0.216 e. The van der Waals surface area contributed by atoms with Crippen LogP contribution < -0.4 is 5.73 Å². The summed E-state index contributed by atoms with van der Waals surface area (Å²) in [5.74, 6) is 1.24. The van der Waals surface area contributed by atoms with Gasteiger partial charge in [0.1, 0.15) is 0 Å². The number of rotatable bonds is 3. The van der Waals surface area contributed by atoms with Crippen molar-refractivity contribution in [1.29, 1.82) is 0 Å². The Hall–Kier alpha value is -0.710. The SMILES string of the molecule is CCC1CCCCC1Sc1n[nH]c(N)n1. The van der Waals surface area contributed by atoms with Crippen molar-refractivity contribution in [3.8, 4) is 0 Å². The summed E-state index contributed by atoms with van der Waals surface area (Å²) in [5.41, 5.74) is 5.51. The lowest BCUT2D eigenvalue weighted by Gasteiger charge is -2.29. The van der Waals surface area contributed by atoms with Gasteiger partial charge in [-0.1, -0.05) is 37.9 Å². The molecule has 84 valence electrons. The molecule has 1 saturated carbocycles. The molecule has 1 aliphatic carbocycles. The first-order chi connectivity index (χ1) is 7.29. The van der Waals surface area contributed by atoms with Gasteiger partial charge in [-0.25, -0.2) is 5.10 Å². The monoisotopic (exact) mass is 226 g/mol. The van der Waals surface area contributed by atoms with Gasteiger partial charge in [-0.3, -0.25) is 0 Å². The average Bonchev–Trinajstić information content (AvgIpc) is 2.65. The highest BCUT2D eigenvalue weighted by Gasteiger charge is 2.25. The number of hydrogen-bond donors (Lipinski definition) is 2.